The van der Waals surface area contributed by atoms with Crippen LogP contribution in [0.2, 0.25) is 5.02 Å². The van der Waals surface area contributed by atoms with Gasteiger partial charge in [0.2, 0.25) is 0 Å². The highest BCUT2D eigenvalue weighted by atomic mass is 35.5. The van der Waals surface area contributed by atoms with Crippen molar-refractivity contribution < 1.29 is 23.9 Å². The molecular weight excluding hydrogens is 420 g/mol. The third-order valence-electron chi connectivity index (χ3n) is 5.15. The van der Waals surface area contributed by atoms with Crippen LogP contribution in [0, 0.1) is 0 Å². The number of rotatable bonds is 3. The third-order valence-corrected chi connectivity index (χ3v) is 5.43. The molecule has 0 radical (unpaired) electrons. The van der Waals surface area contributed by atoms with Gasteiger partial charge < -0.3 is 14.8 Å². The van der Waals surface area contributed by atoms with Crippen molar-refractivity contribution in [3.8, 4) is 16.9 Å². The first-order valence-electron chi connectivity index (χ1n) is 9.96. The Morgan fingerprint density at radius 3 is 2.58 bits per heavy atom. The number of alkyl carbamates (subject to hydrolysis) is 1. The number of carbonyl (C=O) groups excluding carboxylic acids is 3. The lowest BCUT2D eigenvalue weighted by Gasteiger charge is -2.20. The summed E-state index contributed by atoms with van der Waals surface area (Å²) >= 11 is 6.47. The Labute approximate surface area is 185 Å². The van der Waals surface area contributed by atoms with E-state index in [0.29, 0.717) is 28.3 Å². The smallest absolute Gasteiger partial charge is 0.407 e. The second-order valence-electron chi connectivity index (χ2n) is 8.70. The van der Waals surface area contributed by atoms with Crippen LogP contribution in [0.4, 0.5) is 4.79 Å². The Kier molecular flexibility index (Phi) is 5.17. The number of hydrogen-bond donors (Lipinski definition) is 1. The average molecular weight is 443 g/mol. The molecule has 0 spiro atoms. The van der Waals surface area contributed by atoms with Gasteiger partial charge in [-0.2, -0.15) is 0 Å². The zero-order valence-electron chi connectivity index (χ0n) is 17.7. The number of nitrogens with zero attached hydrogens (tertiary/aromatic N) is 1. The Balaban J connectivity index is 1.51. The van der Waals surface area contributed by atoms with Crippen LogP contribution in [0.3, 0.4) is 0 Å². The van der Waals surface area contributed by atoms with Crippen LogP contribution in [-0.4, -0.2) is 48.1 Å². The lowest BCUT2D eigenvalue weighted by atomic mass is 9.97. The summed E-state index contributed by atoms with van der Waals surface area (Å²) in [5.74, 6) is -0.0217. The van der Waals surface area contributed by atoms with Gasteiger partial charge in [-0.25, -0.2) is 4.79 Å². The van der Waals surface area contributed by atoms with E-state index in [0.717, 1.165) is 21.6 Å². The minimum Gasteiger partial charge on any atom is -0.486 e. The molecule has 162 valence electrons. The van der Waals surface area contributed by atoms with E-state index in [1.165, 1.54) is 7.05 Å². The lowest BCUT2D eigenvalue weighted by Crippen LogP contribution is -2.38. The van der Waals surface area contributed by atoms with Crippen LogP contribution in [0.15, 0.2) is 30.3 Å². The van der Waals surface area contributed by atoms with Crippen molar-refractivity contribution >= 4 is 29.5 Å². The summed E-state index contributed by atoms with van der Waals surface area (Å²) in [7, 11) is 1.47. The Bertz CT molecular complexity index is 1110. The van der Waals surface area contributed by atoms with E-state index in [2.05, 4.69) is 5.32 Å². The van der Waals surface area contributed by atoms with Crippen molar-refractivity contribution in [2.24, 2.45) is 0 Å². The molecule has 0 aliphatic carbocycles. The van der Waals surface area contributed by atoms with Gasteiger partial charge in [-0.1, -0.05) is 17.7 Å². The van der Waals surface area contributed by atoms with Crippen molar-refractivity contribution in [3.63, 3.8) is 0 Å². The van der Waals surface area contributed by atoms with E-state index in [1.807, 2.05) is 6.07 Å². The van der Waals surface area contributed by atoms with Gasteiger partial charge >= 0.3 is 6.09 Å². The van der Waals surface area contributed by atoms with E-state index in [1.54, 1.807) is 45.0 Å². The van der Waals surface area contributed by atoms with Crippen LogP contribution in [-0.2, 0) is 11.2 Å². The van der Waals surface area contributed by atoms with Crippen LogP contribution in [0.25, 0.3) is 11.1 Å². The maximum Gasteiger partial charge on any atom is 0.407 e. The summed E-state index contributed by atoms with van der Waals surface area (Å²) in [5.41, 5.74) is 2.75. The second-order valence-corrected chi connectivity index (χ2v) is 9.11. The van der Waals surface area contributed by atoms with Crippen molar-refractivity contribution in [2.45, 2.75) is 38.9 Å². The summed E-state index contributed by atoms with van der Waals surface area (Å²) < 4.78 is 11.2. The van der Waals surface area contributed by atoms with Gasteiger partial charge in [0.25, 0.3) is 11.8 Å². The number of nitrogens with one attached hydrogen (secondary N) is 1. The molecule has 2 aliphatic rings. The molecule has 4 rings (SSSR count). The molecule has 1 N–H and O–H groups in total. The largest absolute Gasteiger partial charge is 0.486 e. The summed E-state index contributed by atoms with van der Waals surface area (Å²) in [6.45, 7) is 5.69. The molecule has 31 heavy (non-hydrogen) atoms. The highest BCUT2D eigenvalue weighted by Gasteiger charge is 2.33. The van der Waals surface area contributed by atoms with E-state index in [4.69, 9.17) is 21.1 Å². The predicted octanol–water partition coefficient (Wildman–Crippen LogP) is 4.06. The molecule has 0 saturated heterocycles. The SMILES string of the molecule is CN1C(=O)c2ccc(-c3cc(Cl)c4c(c3)CC(CNC(=O)OC(C)(C)C)O4)cc2C1=O. The predicted molar refractivity (Wildman–Crippen MR) is 116 cm³/mol. The first kappa shape index (κ1) is 21.2. The average Bonchev–Trinajstić information content (AvgIpc) is 3.20. The molecule has 3 amide bonds. The Morgan fingerprint density at radius 2 is 1.87 bits per heavy atom. The number of imide groups is 1. The van der Waals surface area contributed by atoms with E-state index in [-0.39, 0.29) is 24.5 Å². The van der Waals surface area contributed by atoms with Gasteiger partial charge in [-0.3, -0.25) is 14.5 Å². The van der Waals surface area contributed by atoms with Gasteiger partial charge in [-0.05, 0) is 56.2 Å². The second kappa shape index (κ2) is 7.57. The fraction of sp³-hybridized carbons (Fsp3) is 0.348. The van der Waals surface area contributed by atoms with Crippen LogP contribution in [0.1, 0.15) is 47.1 Å². The molecule has 0 bridgehead atoms. The fourth-order valence-electron chi connectivity index (χ4n) is 3.72. The first-order chi connectivity index (χ1) is 14.5. The van der Waals surface area contributed by atoms with Crippen molar-refractivity contribution in [1.82, 2.24) is 10.2 Å². The minimum atomic E-state index is -0.571. The molecule has 1 atom stereocenters. The van der Waals surface area contributed by atoms with E-state index in [9.17, 15) is 14.4 Å². The summed E-state index contributed by atoms with van der Waals surface area (Å²) in [6.07, 6.45) is -0.187. The van der Waals surface area contributed by atoms with Gasteiger partial charge in [-0.15, -0.1) is 0 Å². The normalized spacial score (nSPS) is 17.3. The van der Waals surface area contributed by atoms with Crippen molar-refractivity contribution in [3.05, 3.63) is 52.0 Å². The van der Waals surface area contributed by atoms with E-state index < -0.39 is 11.7 Å². The summed E-state index contributed by atoms with van der Waals surface area (Å²) in [6, 6.07) is 8.92. The molecule has 8 heteroatoms. The standard InChI is InChI=1S/C23H23ClN2O5/c1-23(2,3)31-22(29)25-11-15-8-14-7-13(10-18(24)19(14)30-15)12-5-6-16-17(9-12)21(28)26(4)20(16)27/h5-7,9-10,15H,8,11H2,1-4H3,(H,25,29). The molecule has 1 unspecified atom stereocenters. The Hall–Kier alpha value is -3.06. The molecule has 2 aromatic rings. The number of ether oxygens (including phenoxy) is 2. The number of halogens is 1. The minimum absolute atomic E-state index is 0.261. The topological polar surface area (TPSA) is 84.9 Å². The molecule has 0 saturated carbocycles. The zero-order chi connectivity index (χ0) is 22.5. The third kappa shape index (κ3) is 4.10. The zero-order valence-corrected chi connectivity index (χ0v) is 18.5. The summed E-state index contributed by atoms with van der Waals surface area (Å²) in [5, 5.41) is 3.17. The highest BCUT2D eigenvalue weighted by molar-refractivity contribution is 6.32. The summed E-state index contributed by atoms with van der Waals surface area (Å²) in [4.78, 5) is 37.4. The number of amides is 3. The Morgan fingerprint density at radius 1 is 1.16 bits per heavy atom. The fourth-order valence-corrected chi connectivity index (χ4v) is 4.00. The maximum atomic E-state index is 12.3. The van der Waals surface area contributed by atoms with Crippen LogP contribution < -0.4 is 10.1 Å². The molecular formula is C23H23ClN2O5. The number of carbonyl (C=O) groups is 3. The van der Waals surface area contributed by atoms with Gasteiger partial charge in [0.05, 0.1) is 22.7 Å². The maximum absolute atomic E-state index is 12.3. The molecule has 0 fully saturated rings. The molecule has 2 aliphatic heterocycles. The number of benzene rings is 2. The lowest BCUT2D eigenvalue weighted by molar-refractivity contribution is 0.0505. The molecule has 2 heterocycles. The van der Waals surface area contributed by atoms with E-state index >= 15 is 0 Å². The first-order valence-corrected chi connectivity index (χ1v) is 10.3. The molecule has 7 nitrogen and oxygen atoms in total. The molecule has 2 aromatic carbocycles. The van der Waals surface area contributed by atoms with Gasteiger partial charge in [0.1, 0.15) is 17.5 Å². The van der Waals surface area contributed by atoms with Crippen LogP contribution >= 0.6 is 11.6 Å². The van der Waals surface area contributed by atoms with Crippen molar-refractivity contribution in [1.29, 1.82) is 0 Å². The quantitative estimate of drug-likeness (QED) is 0.724. The van der Waals surface area contributed by atoms with Gasteiger partial charge in [0, 0.05) is 19.0 Å². The highest BCUT2D eigenvalue weighted by Crippen LogP contribution is 2.40. The monoisotopic (exact) mass is 442 g/mol. The molecule has 0 aromatic heterocycles. The number of fused-ring (bicyclic) bond motifs is 2. The van der Waals surface area contributed by atoms with Crippen LogP contribution in [0.5, 0.6) is 5.75 Å². The van der Waals surface area contributed by atoms with Crippen molar-refractivity contribution in [2.75, 3.05) is 13.6 Å². The number of hydrogen-bond acceptors (Lipinski definition) is 5. The van der Waals surface area contributed by atoms with Gasteiger partial charge in [0.15, 0.2) is 0 Å².